The molecule has 0 bridgehead atoms. The predicted octanol–water partition coefficient (Wildman–Crippen LogP) is 3.16. The Kier molecular flexibility index (Phi) is 6.16. The highest BCUT2D eigenvalue weighted by Gasteiger charge is 2.29. The molecular formula is C23H27N5O3. The molecule has 4 rings (SSSR count). The van der Waals surface area contributed by atoms with Crippen molar-refractivity contribution < 1.29 is 14.4 Å². The van der Waals surface area contributed by atoms with E-state index in [1.807, 2.05) is 19.1 Å². The van der Waals surface area contributed by atoms with Gasteiger partial charge in [0.25, 0.3) is 5.91 Å². The number of pyridine rings is 1. The number of carbonyl (C=O) groups is 3. The van der Waals surface area contributed by atoms with Gasteiger partial charge in [-0.3, -0.25) is 9.59 Å². The fourth-order valence-electron chi connectivity index (χ4n) is 3.68. The summed E-state index contributed by atoms with van der Waals surface area (Å²) in [6.07, 6.45) is 3.56. The molecule has 1 aliphatic carbocycles. The summed E-state index contributed by atoms with van der Waals surface area (Å²) in [6.45, 7) is 2.87. The van der Waals surface area contributed by atoms with Crippen molar-refractivity contribution in [3.8, 4) is 0 Å². The number of anilines is 2. The van der Waals surface area contributed by atoms with Crippen LogP contribution in [0.4, 0.5) is 16.3 Å². The van der Waals surface area contributed by atoms with E-state index in [9.17, 15) is 14.4 Å². The molecule has 1 aliphatic heterocycles. The van der Waals surface area contributed by atoms with Crippen LogP contribution in [0.2, 0.25) is 0 Å². The Balaban J connectivity index is 1.33. The molecule has 1 saturated carbocycles. The molecule has 1 atom stereocenters. The molecule has 1 unspecified atom stereocenters. The van der Waals surface area contributed by atoms with Gasteiger partial charge in [0.15, 0.2) is 0 Å². The summed E-state index contributed by atoms with van der Waals surface area (Å²) in [5.41, 5.74) is 2.01. The predicted molar refractivity (Wildman–Crippen MR) is 118 cm³/mol. The van der Waals surface area contributed by atoms with E-state index in [1.165, 1.54) is 0 Å². The zero-order valence-electron chi connectivity index (χ0n) is 17.6. The maximum Gasteiger partial charge on any atom is 0.319 e. The molecule has 4 amide bonds. The molecule has 31 heavy (non-hydrogen) atoms. The van der Waals surface area contributed by atoms with Crippen molar-refractivity contribution in [1.29, 1.82) is 0 Å². The first-order chi connectivity index (χ1) is 15.0. The molecule has 0 spiro atoms. The third-order valence-electron chi connectivity index (χ3n) is 5.52. The number of likely N-dealkylation sites (tertiary alicyclic amines) is 1. The van der Waals surface area contributed by atoms with Crippen LogP contribution in [-0.2, 0) is 4.79 Å². The number of nitrogens with zero attached hydrogens (tertiary/aromatic N) is 2. The van der Waals surface area contributed by atoms with Crippen molar-refractivity contribution in [2.75, 3.05) is 23.7 Å². The number of carbonyl (C=O) groups excluding carboxylic acids is 3. The number of benzene rings is 1. The molecule has 2 aromatic rings. The van der Waals surface area contributed by atoms with E-state index in [4.69, 9.17) is 0 Å². The molecule has 3 N–H and O–H groups in total. The number of piperidine rings is 1. The number of hydrogen-bond donors (Lipinski definition) is 3. The zero-order chi connectivity index (χ0) is 21.8. The number of urea groups is 1. The van der Waals surface area contributed by atoms with E-state index >= 15 is 0 Å². The molecule has 1 saturated heterocycles. The number of aryl methyl sites for hydroxylation is 1. The number of hydrogen-bond acceptors (Lipinski definition) is 4. The first-order valence-corrected chi connectivity index (χ1v) is 10.7. The van der Waals surface area contributed by atoms with Crippen molar-refractivity contribution in [1.82, 2.24) is 15.2 Å². The lowest BCUT2D eigenvalue weighted by Crippen LogP contribution is -2.43. The average molecular weight is 422 g/mol. The van der Waals surface area contributed by atoms with Gasteiger partial charge in [0.05, 0.1) is 5.92 Å². The third-order valence-corrected chi connectivity index (χ3v) is 5.52. The molecule has 2 aliphatic rings. The summed E-state index contributed by atoms with van der Waals surface area (Å²) in [6, 6.07) is 12.4. The van der Waals surface area contributed by atoms with E-state index in [0.29, 0.717) is 30.2 Å². The molecule has 1 aromatic heterocycles. The van der Waals surface area contributed by atoms with E-state index in [-0.39, 0.29) is 29.8 Å². The van der Waals surface area contributed by atoms with E-state index in [2.05, 4.69) is 20.9 Å². The molecule has 2 heterocycles. The SMILES string of the molecule is Cc1cccc(NC(=O)C2CCCN(C(=O)c3ccc(NC(=O)NC4CC4)cc3)C2)n1. The van der Waals surface area contributed by atoms with Gasteiger partial charge in [0.1, 0.15) is 5.82 Å². The van der Waals surface area contributed by atoms with Crippen molar-refractivity contribution >= 4 is 29.4 Å². The minimum absolute atomic E-state index is 0.111. The highest BCUT2D eigenvalue weighted by molar-refractivity contribution is 5.97. The Hall–Kier alpha value is -3.42. The zero-order valence-corrected chi connectivity index (χ0v) is 17.6. The minimum atomic E-state index is -0.271. The second kappa shape index (κ2) is 9.16. The summed E-state index contributed by atoms with van der Waals surface area (Å²) in [5, 5.41) is 8.49. The van der Waals surface area contributed by atoms with Gasteiger partial charge in [0.2, 0.25) is 5.91 Å². The topological polar surface area (TPSA) is 103 Å². The summed E-state index contributed by atoms with van der Waals surface area (Å²) < 4.78 is 0. The fourth-order valence-corrected chi connectivity index (χ4v) is 3.68. The Morgan fingerprint density at radius 3 is 2.48 bits per heavy atom. The van der Waals surface area contributed by atoms with Crippen LogP contribution >= 0.6 is 0 Å². The second-order valence-electron chi connectivity index (χ2n) is 8.19. The third kappa shape index (κ3) is 5.59. The van der Waals surface area contributed by atoms with Gasteiger partial charge in [-0.2, -0.15) is 0 Å². The van der Waals surface area contributed by atoms with E-state index in [1.54, 1.807) is 35.2 Å². The Labute approximate surface area is 181 Å². The highest BCUT2D eigenvalue weighted by atomic mass is 16.2. The summed E-state index contributed by atoms with van der Waals surface area (Å²) in [5.74, 6) is 0.0336. The monoisotopic (exact) mass is 421 g/mol. The van der Waals surface area contributed by atoms with Gasteiger partial charge in [0, 0.05) is 36.1 Å². The number of nitrogens with one attached hydrogen (secondary N) is 3. The lowest BCUT2D eigenvalue weighted by molar-refractivity contribution is -0.121. The average Bonchev–Trinajstić information content (AvgIpc) is 3.58. The molecule has 1 aromatic carbocycles. The Morgan fingerprint density at radius 2 is 1.77 bits per heavy atom. The molecule has 2 fully saturated rings. The standard InChI is InChI=1S/C23H27N5O3/c1-15-4-2-6-20(24-15)27-21(29)17-5-3-13-28(14-17)22(30)16-7-9-18(10-8-16)25-23(31)26-19-11-12-19/h2,4,6-10,17,19H,3,5,11-14H2,1H3,(H,24,27,29)(H2,25,26,31). The van der Waals surface area contributed by atoms with Crippen LogP contribution in [0.5, 0.6) is 0 Å². The Morgan fingerprint density at radius 1 is 1.00 bits per heavy atom. The number of aromatic nitrogens is 1. The fraction of sp³-hybridized carbons (Fsp3) is 0.391. The highest BCUT2D eigenvalue weighted by Crippen LogP contribution is 2.22. The largest absolute Gasteiger partial charge is 0.338 e. The second-order valence-corrected chi connectivity index (χ2v) is 8.19. The van der Waals surface area contributed by atoms with Gasteiger partial charge in [-0.15, -0.1) is 0 Å². The lowest BCUT2D eigenvalue weighted by Gasteiger charge is -2.32. The summed E-state index contributed by atoms with van der Waals surface area (Å²) in [7, 11) is 0. The molecule has 8 heteroatoms. The lowest BCUT2D eigenvalue weighted by atomic mass is 9.96. The van der Waals surface area contributed by atoms with Crippen molar-refractivity contribution in [3.05, 3.63) is 53.7 Å². The molecule has 162 valence electrons. The summed E-state index contributed by atoms with van der Waals surface area (Å²) >= 11 is 0. The maximum absolute atomic E-state index is 12.9. The van der Waals surface area contributed by atoms with Crippen LogP contribution in [0.25, 0.3) is 0 Å². The van der Waals surface area contributed by atoms with Crippen molar-refractivity contribution in [3.63, 3.8) is 0 Å². The number of amides is 4. The first-order valence-electron chi connectivity index (χ1n) is 10.7. The van der Waals surface area contributed by atoms with Crippen molar-refractivity contribution in [2.24, 2.45) is 5.92 Å². The molecular weight excluding hydrogens is 394 g/mol. The van der Waals surface area contributed by atoms with Gasteiger partial charge >= 0.3 is 6.03 Å². The number of rotatable bonds is 5. The van der Waals surface area contributed by atoms with Crippen LogP contribution in [0.1, 0.15) is 41.7 Å². The van der Waals surface area contributed by atoms with Gasteiger partial charge < -0.3 is 20.9 Å². The van der Waals surface area contributed by atoms with Gasteiger partial charge in [-0.1, -0.05) is 6.07 Å². The van der Waals surface area contributed by atoms with Crippen LogP contribution < -0.4 is 16.0 Å². The van der Waals surface area contributed by atoms with E-state index in [0.717, 1.165) is 31.4 Å². The Bertz CT molecular complexity index is 971. The maximum atomic E-state index is 12.9. The van der Waals surface area contributed by atoms with Gasteiger partial charge in [-0.05, 0) is 69.0 Å². The van der Waals surface area contributed by atoms with E-state index < -0.39 is 0 Å². The normalized spacial score (nSPS) is 18.2. The van der Waals surface area contributed by atoms with Crippen LogP contribution in [-0.4, -0.2) is 46.9 Å². The first kappa shape index (κ1) is 20.8. The van der Waals surface area contributed by atoms with Crippen LogP contribution in [0.3, 0.4) is 0 Å². The van der Waals surface area contributed by atoms with Crippen molar-refractivity contribution in [2.45, 2.75) is 38.6 Å². The summed E-state index contributed by atoms with van der Waals surface area (Å²) in [4.78, 5) is 43.5. The van der Waals surface area contributed by atoms with Crippen LogP contribution in [0, 0.1) is 12.8 Å². The smallest absolute Gasteiger partial charge is 0.319 e. The quantitative estimate of drug-likeness (QED) is 0.690. The molecule has 8 nitrogen and oxygen atoms in total. The van der Waals surface area contributed by atoms with Crippen LogP contribution in [0.15, 0.2) is 42.5 Å². The minimum Gasteiger partial charge on any atom is -0.338 e. The molecule has 0 radical (unpaired) electrons. The van der Waals surface area contributed by atoms with Gasteiger partial charge in [-0.25, -0.2) is 9.78 Å².